The van der Waals surface area contributed by atoms with Crippen molar-refractivity contribution in [3.8, 4) is 0 Å². The van der Waals surface area contributed by atoms with Gasteiger partial charge in [-0.25, -0.2) is 0 Å². The molecule has 18 heavy (non-hydrogen) atoms. The van der Waals surface area contributed by atoms with E-state index in [1.165, 1.54) is 12.8 Å². The van der Waals surface area contributed by atoms with E-state index in [9.17, 15) is 4.79 Å². The van der Waals surface area contributed by atoms with E-state index in [4.69, 9.17) is 0 Å². The van der Waals surface area contributed by atoms with Gasteiger partial charge in [0.2, 0.25) is 0 Å². The van der Waals surface area contributed by atoms with Crippen molar-refractivity contribution < 1.29 is 4.79 Å². The van der Waals surface area contributed by atoms with Crippen molar-refractivity contribution in [2.75, 3.05) is 5.32 Å². The fourth-order valence-corrected chi connectivity index (χ4v) is 2.65. The average molecular weight is 243 g/mol. The summed E-state index contributed by atoms with van der Waals surface area (Å²) in [5, 5.41) is 6.11. The van der Waals surface area contributed by atoms with Crippen molar-refractivity contribution in [3.63, 3.8) is 0 Å². The number of nitrogens with zero attached hydrogens (tertiary/aromatic N) is 1. The van der Waals surface area contributed by atoms with E-state index in [1.54, 1.807) is 0 Å². The zero-order chi connectivity index (χ0) is 12.4. The molecule has 1 heterocycles. The number of carbonyl (C=O) groups is 1. The van der Waals surface area contributed by atoms with Crippen molar-refractivity contribution >= 4 is 17.4 Å². The minimum atomic E-state index is -0.129. The molecule has 2 atom stereocenters. The van der Waals surface area contributed by atoms with Crippen LogP contribution in [0.4, 0.5) is 5.69 Å². The molecule has 3 rings (SSSR count). The van der Waals surface area contributed by atoms with Crippen molar-refractivity contribution in [2.45, 2.75) is 37.8 Å². The molecular weight excluding hydrogens is 226 g/mol. The van der Waals surface area contributed by atoms with Crippen molar-refractivity contribution in [3.05, 3.63) is 30.3 Å². The van der Waals surface area contributed by atoms with Gasteiger partial charge in [-0.2, -0.15) is 0 Å². The molecule has 0 saturated heterocycles. The molecule has 2 unspecified atom stereocenters. The van der Waals surface area contributed by atoms with Crippen LogP contribution in [0.5, 0.6) is 0 Å². The lowest BCUT2D eigenvalue weighted by atomic mass is 9.92. The number of aliphatic imine (C=N–C) groups is 1. The van der Waals surface area contributed by atoms with Crippen LogP contribution < -0.4 is 10.6 Å². The molecule has 1 aliphatic heterocycles. The number of hydrogen-bond acceptors (Lipinski definition) is 3. The molecule has 4 heteroatoms. The van der Waals surface area contributed by atoms with Gasteiger partial charge >= 0.3 is 0 Å². The van der Waals surface area contributed by atoms with Gasteiger partial charge in [0.05, 0.1) is 12.1 Å². The van der Waals surface area contributed by atoms with Crippen LogP contribution in [-0.4, -0.2) is 23.8 Å². The van der Waals surface area contributed by atoms with Crippen LogP contribution in [0.15, 0.2) is 35.3 Å². The smallest absolute Gasteiger partial charge is 0.290 e. The summed E-state index contributed by atoms with van der Waals surface area (Å²) in [6.45, 7) is 0. The normalized spacial score (nSPS) is 25.9. The standard InChI is InChI=1S/C14H17N3O/c18-14(15-10-6-2-1-3-7-10)13-16-11-8-4-5-9-12(11)17-13/h1-3,6-7,11-12H,4-5,8-9H2,(H,15,18)(H,16,17). The molecule has 0 bridgehead atoms. The molecule has 1 aliphatic carbocycles. The summed E-state index contributed by atoms with van der Waals surface area (Å²) in [5.74, 6) is 0.367. The molecule has 94 valence electrons. The monoisotopic (exact) mass is 243 g/mol. The van der Waals surface area contributed by atoms with Gasteiger partial charge in [0.15, 0.2) is 5.84 Å². The Morgan fingerprint density at radius 1 is 1.22 bits per heavy atom. The highest BCUT2D eigenvalue weighted by Gasteiger charge is 2.33. The second-order valence-corrected chi connectivity index (χ2v) is 4.90. The number of rotatable bonds is 2. The van der Waals surface area contributed by atoms with Gasteiger partial charge in [-0.15, -0.1) is 0 Å². The minimum Gasteiger partial charge on any atom is -0.361 e. The van der Waals surface area contributed by atoms with E-state index in [2.05, 4.69) is 15.6 Å². The Hall–Kier alpha value is -1.84. The van der Waals surface area contributed by atoms with Crippen molar-refractivity contribution in [2.24, 2.45) is 4.99 Å². The zero-order valence-corrected chi connectivity index (χ0v) is 10.2. The number of fused-ring (bicyclic) bond motifs is 1. The summed E-state index contributed by atoms with van der Waals surface area (Å²) in [4.78, 5) is 16.6. The number of para-hydroxylation sites is 1. The van der Waals surface area contributed by atoms with Crippen LogP contribution in [0, 0.1) is 0 Å². The maximum absolute atomic E-state index is 12.1. The van der Waals surface area contributed by atoms with Crippen LogP contribution in [0.2, 0.25) is 0 Å². The molecule has 2 aliphatic rings. The van der Waals surface area contributed by atoms with Crippen LogP contribution in [0.1, 0.15) is 25.7 Å². The Bertz CT molecular complexity index is 469. The Kier molecular flexibility index (Phi) is 3.00. The molecule has 1 saturated carbocycles. The Morgan fingerprint density at radius 3 is 2.78 bits per heavy atom. The number of nitrogens with one attached hydrogen (secondary N) is 2. The third-order valence-corrected chi connectivity index (χ3v) is 3.59. The molecule has 4 nitrogen and oxygen atoms in total. The highest BCUT2D eigenvalue weighted by Crippen LogP contribution is 2.24. The first-order valence-corrected chi connectivity index (χ1v) is 6.54. The lowest BCUT2D eigenvalue weighted by molar-refractivity contribution is -0.110. The van der Waals surface area contributed by atoms with Crippen LogP contribution in [-0.2, 0) is 4.79 Å². The van der Waals surface area contributed by atoms with Gasteiger partial charge in [0, 0.05) is 5.69 Å². The lowest BCUT2D eigenvalue weighted by Gasteiger charge is -2.23. The molecule has 0 radical (unpaired) electrons. The fourth-order valence-electron chi connectivity index (χ4n) is 2.65. The second-order valence-electron chi connectivity index (χ2n) is 4.90. The second kappa shape index (κ2) is 4.80. The number of amidine groups is 1. The summed E-state index contributed by atoms with van der Waals surface area (Å²) in [6.07, 6.45) is 4.67. The molecule has 1 aromatic rings. The predicted octanol–water partition coefficient (Wildman–Crippen LogP) is 1.94. The van der Waals surface area contributed by atoms with Gasteiger partial charge in [-0.05, 0) is 25.0 Å². The summed E-state index contributed by atoms with van der Waals surface area (Å²) in [7, 11) is 0. The maximum Gasteiger partial charge on any atom is 0.290 e. The lowest BCUT2D eigenvalue weighted by Crippen LogP contribution is -2.40. The Labute approximate surface area is 106 Å². The number of hydrogen-bond donors (Lipinski definition) is 2. The molecule has 1 aromatic carbocycles. The molecular formula is C14H17N3O. The van der Waals surface area contributed by atoms with Gasteiger partial charge in [0.25, 0.3) is 5.91 Å². The number of carbonyl (C=O) groups excluding carboxylic acids is 1. The molecule has 1 amide bonds. The Morgan fingerprint density at radius 2 is 2.00 bits per heavy atom. The third-order valence-electron chi connectivity index (χ3n) is 3.59. The largest absolute Gasteiger partial charge is 0.361 e. The van der Waals surface area contributed by atoms with Crippen LogP contribution in [0.3, 0.4) is 0 Å². The van der Waals surface area contributed by atoms with Crippen LogP contribution in [0.25, 0.3) is 0 Å². The first kappa shape index (κ1) is 11.3. The van der Waals surface area contributed by atoms with Crippen LogP contribution >= 0.6 is 0 Å². The summed E-state index contributed by atoms with van der Waals surface area (Å²) in [5.41, 5.74) is 0.807. The minimum absolute atomic E-state index is 0.129. The molecule has 2 N–H and O–H groups in total. The van der Waals surface area contributed by atoms with Crippen molar-refractivity contribution in [1.29, 1.82) is 0 Å². The first-order chi connectivity index (χ1) is 8.83. The number of amides is 1. The van der Waals surface area contributed by atoms with Gasteiger partial charge in [-0.1, -0.05) is 31.0 Å². The van der Waals surface area contributed by atoms with E-state index in [1.807, 2.05) is 30.3 Å². The van der Waals surface area contributed by atoms with E-state index >= 15 is 0 Å². The molecule has 0 aromatic heterocycles. The zero-order valence-electron chi connectivity index (χ0n) is 10.2. The highest BCUT2D eigenvalue weighted by atomic mass is 16.2. The van der Waals surface area contributed by atoms with Gasteiger partial charge < -0.3 is 10.6 Å². The average Bonchev–Trinajstić information content (AvgIpc) is 2.84. The SMILES string of the molecule is O=C(Nc1ccccc1)C1=NC2CCCCC2N1. The van der Waals surface area contributed by atoms with E-state index < -0.39 is 0 Å². The van der Waals surface area contributed by atoms with E-state index in [0.29, 0.717) is 17.9 Å². The summed E-state index contributed by atoms with van der Waals surface area (Å²) >= 11 is 0. The van der Waals surface area contributed by atoms with Gasteiger partial charge in [0.1, 0.15) is 0 Å². The first-order valence-electron chi connectivity index (χ1n) is 6.54. The molecule has 0 spiro atoms. The number of benzene rings is 1. The highest BCUT2D eigenvalue weighted by molar-refractivity contribution is 6.42. The summed E-state index contributed by atoms with van der Waals surface area (Å²) < 4.78 is 0. The quantitative estimate of drug-likeness (QED) is 0.834. The van der Waals surface area contributed by atoms with E-state index in [0.717, 1.165) is 18.5 Å². The third kappa shape index (κ3) is 2.23. The Balaban J connectivity index is 1.67. The predicted molar refractivity (Wildman–Crippen MR) is 71.7 cm³/mol. The van der Waals surface area contributed by atoms with Crippen molar-refractivity contribution in [1.82, 2.24) is 5.32 Å². The number of anilines is 1. The van der Waals surface area contributed by atoms with Gasteiger partial charge in [-0.3, -0.25) is 9.79 Å². The summed E-state index contributed by atoms with van der Waals surface area (Å²) in [6, 6.07) is 10.2. The fraction of sp³-hybridized carbons (Fsp3) is 0.429. The molecule has 1 fully saturated rings. The maximum atomic E-state index is 12.1. The van der Waals surface area contributed by atoms with E-state index in [-0.39, 0.29) is 5.91 Å². The topological polar surface area (TPSA) is 53.5 Å².